The van der Waals surface area contributed by atoms with Crippen LogP contribution in [0.2, 0.25) is 0 Å². The van der Waals surface area contributed by atoms with Crippen LogP contribution in [0.25, 0.3) is 10.7 Å². The first-order valence-corrected chi connectivity index (χ1v) is 4.78. The van der Waals surface area contributed by atoms with Gasteiger partial charge in [0.05, 0.1) is 9.80 Å². The molecule has 0 bridgehead atoms. The Hall–Kier alpha value is -1.54. The van der Waals surface area contributed by atoms with Gasteiger partial charge in [-0.3, -0.25) is 20.3 Å². The quantitative estimate of drug-likeness (QED) is 0.468. The lowest BCUT2D eigenvalue weighted by Gasteiger charge is -1.84. The van der Waals surface area contributed by atoms with Crippen LogP contribution in [0.1, 0.15) is 0 Å². The molecule has 0 aromatic carbocycles. The van der Waals surface area contributed by atoms with Crippen LogP contribution in [0.4, 0.5) is 5.00 Å². The molecule has 0 aliphatic carbocycles. The van der Waals surface area contributed by atoms with Gasteiger partial charge < -0.3 is 0 Å². The van der Waals surface area contributed by atoms with E-state index in [0.717, 1.165) is 11.3 Å². The first-order valence-electron chi connectivity index (χ1n) is 3.56. The zero-order valence-corrected chi connectivity index (χ0v) is 8.32. The molecular weight excluding hydrogens is 224 g/mol. The van der Waals surface area contributed by atoms with Crippen molar-refractivity contribution in [2.24, 2.45) is 0 Å². The van der Waals surface area contributed by atoms with Gasteiger partial charge in [-0.15, -0.1) is 0 Å². The molecule has 0 atom stereocenters. The predicted molar refractivity (Wildman–Crippen MR) is 53.7 cm³/mol. The molecule has 8 heteroatoms. The molecule has 0 saturated heterocycles. The molecule has 0 spiro atoms. The fraction of sp³-hybridized carbons (Fsp3) is 0. The van der Waals surface area contributed by atoms with Crippen LogP contribution in [-0.4, -0.2) is 20.1 Å². The number of hydrogen-bond donors (Lipinski definition) is 2. The maximum atomic E-state index is 10.4. The van der Waals surface area contributed by atoms with Gasteiger partial charge in [-0.25, -0.2) is 0 Å². The van der Waals surface area contributed by atoms with Crippen molar-refractivity contribution in [2.45, 2.75) is 0 Å². The van der Waals surface area contributed by atoms with Crippen molar-refractivity contribution in [1.29, 1.82) is 0 Å². The number of nitrogens with zero attached hydrogens (tertiary/aromatic N) is 2. The average molecular weight is 228 g/mol. The van der Waals surface area contributed by atoms with Gasteiger partial charge in [0.15, 0.2) is 5.82 Å². The number of hydrogen-bond acceptors (Lipinski definition) is 5. The number of thiophene rings is 1. The zero-order valence-electron chi connectivity index (χ0n) is 6.68. The van der Waals surface area contributed by atoms with Crippen LogP contribution in [0.5, 0.6) is 0 Å². The van der Waals surface area contributed by atoms with Crippen LogP contribution in [0.3, 0.4) is 0 Å². The number of aromatic nitrogens is 3. The van der Waals surface area contributed by atoms with Crippen molar-refractivity contribution in [2.75, 3.05) is 0 Å². The molecule has 0 fully saturated rings. The molecule has 2 rings (SSSR count). The molecule has 14 heavy (non-hydrogen) atoms. The minimum atomic E-state index is -0.435. The van der Waals surface area contributed by atoms with Crippen LogP contribution in [-0.2, 0) is 0 Å². The number of rotatable bonds is 2. The van der Waals surface area contributed by atoms with Gasteiger partial charge in [-0.2, -0.15) is 4.98 Å². The fourth-order valence-corrected chi connectivity index (χ4v) is 1.85. The molecule has 0 aliphatic rings. The van der Waals surface area contributed by atoms with E-state index in [9.17, 15) is 10.1 Å². The molecule has 0 unspecified atom stereocenters. The lowest BCUT2D eigenvalue weighted by Crippen LogP contribution is -1.80. The van der Waals surface area contributed by atoms with E-state index < -0.39 is 4.92 Å². The molecule has 0 aliphatic heterocycles. The molecular formula is C6H4N4O2S2. The van der Waals surface area contributed by atoms with Gasteiger partial charge in [0.1, 0.15) is 0 Å². The van der Waals surface area contributed by atoms with E-state index >= 15 is 0 Å². The maximum absolute atomic E-state index is 10.4. The summed E-state index contributed by atoms with van der Waals surface area (Å²) in [5.74, 6) is 0.521. The van der Waals surface area contributed by atoms with Gasteiger partial charge in [0.25, 0.3) is 0 Å². The Morgan fingerprint density at radius 2 is 2.29 bits per heavy atom. The third-order valence-electron chi connectivity index (χ3n) is 1.51. The molecule has 6 nitrogen and oxygen atoms in total. The van der Waals surface area contributed by atoms with E-state index in [1.807, 2.05) is 0 Å². The smallest absolute Gasteiger partial charge is 0.281 e. The second kappa shape index (κ2) is 3.31. The summed E-state index contributed by atoms with van der Waals surface area (Å²) in [6.45, 7) is 0. The van der Waals surface area contributed by atoms with E-state index in [1.54, 1.807) is 6.07 Å². The normalized spacial score (nSPS) is 10.3. The second-order valence-corrected chi connectivity index (χ2v) is 3.86. The summed E-state index contributed by atoms with van der Waals surface area (Å²) in [5.41, 5.74) is 0. The van der Waals surface area contributed by atoms with E-state index in [2.05, 4.69) is 15.2 Å². The Morgan fingerprint density at radius 1 is 1.50 bits per heavy atom. The van der Waals surface area contributed by atoms with Crippen LogP contribution >= 0.6 is 23.6 Å². The van der Waals surface area contributed by atoms with E-state index in [1.165, 1.54) is 6.07 Å². The molecule has 0 amide bonds. The topological polar surface area (TPSA) is 87.6 Å². The minimum absolute atomic E-state index is 0.0855. The Bertz CT molecular complexity index is 526. The molecule has 0 saturated carbocycles. The standard InChI is InChI=1S/C6H4N4O2S2/c11-10(12)4-2-1-3(14-4)5-7-6(13)9-8-5/h1-2H,(H2,7,8,9,13). The number of nitro groups is 1. The van der Waals surface area contributed by atoms with Crippen LogP contribution < -0.4 is 0 Å². The molecule has 2 N–H and O–H groups in total. The van der Waals surface area contributed by atoms with Gasteiger partial charge in [-0.05, 0) is 18.3 Å². The molecule has 2 aromatic heterocycles. The van der Waals surface area contributed by atoms with Crippen molar-refractivity contribution < 1.29 is 4.92 Å². The van der Waals surface area contributed by atoms with E-state index in [-0.39, 0.29) is 5.00 Å². The van der Waals surface area contributed by atoms with E-state index in [4.69, 9.17) is 12.2 Å². The largest absolute Gasteiger partial charge is 0.324 e. The first kappa shape index (κ1) is 9.03. The summed E-state index contributed by atoms with van der Waals surface area (Å²) in [6, 6.07) is 3.07. The molecule has 2 heterocycles. The number of nitrogens with one attached hydrogen (secondary N) is 2. The summed E-state index contributed by atoms with van der Waals surface area (Å²) in [7, 11) is 0. The highest BCUT2D eigenvalue weighted by molar-refractivity contribution is 7.71. The Morgan fingerprint density at radius 3 is 2.79 bits per heavy atom. The van der Waals surface area contributed by atoms with Gasteiger partial charge in [0, 0.05) is 6.07 Å². The lowest BCUT2D eigenvalue weighted by molar-refractivity contribution is -0.380. The highest BCUT2D eigenvalue weighted by Crippen LogP contribution is 2.29. The molecule has 0 radical (unpaired) electrons. The van der Waals surface area contributed by atoms with Crippen LogP contribution in [0, 0.1) is 14.9 Å². The SMILES string of the molecule is O=[N+]([O-])c1ccc(-c2nc(=S)[nH][nH]2)s1. The summed E-state index contributed by atoms with van der Waals surface area (Å²) >= 11 is 5.81. The van der Waals surface area contributed by atoms with Crippen molar-refractivity contribution in [3.8, 4) is 10.7 Å². The van der Waals surface area contributed by atoms with Crippen molar-refractivity contribution in [1.82, 2.24) is 15.2 Å². The Balaban J connectivity index is 2.43. The fourth-order valence-electron chi connectivity index (χ4n) is 0.940. The van der Waals surface area contributed by atoms with Gasteiger partial charge >= 0.3 is 5.00 Å². The summed E-state index contributed by atoms with van der Waals surface area (Å²) < 4.78 is 0.330. The van der Waals surface area contributed by atoms with Crippen molar-refractivity contribution >= 4 is 28.6 Å². The lowest BCUT2D eigenvalue weighted by atomic mass is 10.4. The minimum Gasteiger partial charge on any atom is -0.281 e. The Kier molecular flexibility index (Phi) is 2.14. The molecule has 72 valence electrons. The second-order valence-electron chi connectivity index (χ2n) is 2.41. The first-order chi connectivity index (χ1) is 6.66. The van der Waals surface area contributed by atoms with E-state index in [0.29, 0.717) is 15.5 Å². The highest BCUT2D eigenvalue weighted by atomic mass is 32.1. The third-order valence-corrected chi connectivity index (χ3v) is 2.74. The Labute approximate surface area is 86.8 Å². The monoisotopic (exact) mass is 228 g/mol. The van der Waals surface area contributed by atoms with Gasteiger partial charge in [0.2, 0.25) is 4.77 Å². The van der Waals surface area contributed by atoms with Crippen molar-refractivity contribution in [3.05, 3.63) is 27.0 Å². The number of aromatic amines is 2. The summed E-state index contributed by atoms with van der Waals surface area (Å²) in [4.78, 5) is 14.6. The zero-order chi connectivity index (χ0) is 10.1. The van der Waals surface area contributed by atoms with Gasteiger partial charge in [-0.1, -0.05) is 11.3 Å². The highest BCUT2D eigenvalue weighted by Gasteiger charge is 2.12. The molecule has 2 aromatic rings. The summed E-state index contributed by atoms with van der Waals surface area (Å²) in [6.07, 6.45) is 0. The summed E-state index contributed by atoms with van der Waals surface area (Å²) in [5, 5.41) is 15.8. The van der Waals surface area contributed by atoms with Crippen molar-refractivity contribution in [3.63, 3.8) is 0 Å². The maximum Gasteiger partial charge on any atom is 0.324 e. The third kappa shape index (κ3) is 1.56. The van der Waals surface area contributed by atoms with Crippen LogP contribution in [0.15, 0.2) is 12.1 Å². The number of H-pyrrole nitrogens is 2. The average Bonchev–Trinajstić information content (AvgIpc) is 2.70. The predicted octanol–water partition coefficient (Wildman–Crippen LogP) is 2.10.